The van der Waals surface area contributed by atoms with E-state index in [0.717, 1.165) is 41.4 Å². The van der Waals surface area contributed by atoms with E-state index in [1.807, 2.05) is 17.8 Å². The average Bonchev–Trinajstić information content (AvgIpc) is 2.95. The Morgan fingerprint density at radius 3 is 2.52 bits per heavy atom. The van der Waals surface area contributed by atoms with Crippen LogP contribution in [0.4, 0.5) is 0 Å². The molecule has 1 atom stereocenters. The van der Waals surface area contributed by atoms with E-state index in [-0.39, 0.29) is 6.04 Å². The van der Waals surface area contributed by atoms with Gasteiger partial charge in [0.1, 0.15) is 0 Å². The molecule has 0 radical (unpaired) electrons. The number of aromatic nitrogens is 2. The van der Waals surface area contributed by atoms with Crippen LogP contribution in [0.2, 0.25) is 13.7 Å². The normalized spacial score (nSPS) is 12.9. The van der Waals surface area contributed by atoms with Crippen LogP contribution >= 0.6 is 46.1 Å². The Bertz CT molecular complexity index is 621. The summed E-state index contributed by atoms with van der Waals surface area (Å²) in [7, 11) is 1.91. The number of nitrogens with zero attached hydrogens (tertiary/aromatic N) is 2. The summed E-state index contributed by atoms with van der Waals surface area (Å²) in [6, 6.07) is 1.97. The van der Waals surface area contributed by atoms with Crippen molar-refractivity contribution in [3.05, 3.63) is 36.7 Å². The standard InChI is InChI=1S/C14H18Cl3N3S/c1-4-9-13(16)11(20(5-2)19-9)7-10(18-3)8-6-12(15)21-14(8)17/h6,10,18H,4-5,7H2,1-3H3. The number of hydrogen-bond donors (Lipinski definition) is 1. The highest BCUT2D eigenvalue weighted by Gasteiger charge is 2.22. The molecule has 0 fully saturated rings. The maximum atomic E-state index is 6.47. The Kier molecular flexibility index (Phi) is 5.97. The smallest absolute Gasteiger partial charge is 0.0992 e. The second-order valence-electron chi connectivity index (χ2n) is 4.70. The minimum atomic E-state index is 0.0606. The SMILES string of the molecule is CCc1nn(CC)c(CC(NC)c2cc(Cl)sc2Cl)c1Cl. The molecule has 0 aliphatic carbocycles. The Labute approximate surface area is 144 Å². The molecule has 0 aliphatic rings. The Morgan fingerprint density at radius 1 is 1.33 bits per heavy atom. The lowest BCUT2D eigenvalue weighted by Crippen LogP contribution is -2.20. The van der Waals surface area contributed by atoms with Gasteiger partial charge < -0.3 is 5.32 Å². The van der Waals surface area contributed by atoms with Crippen molar-refractivity contribution in [1.29, 1.82) is 0 Å². The van der Waals surface area contributed by atoms with E-state index >= 15 is 0 Å². The van der Waals surface area contributed by atoms with Crippen LogP contribution < -0.4 is 5.32 Å². The van der Waals surface area contributed by atoms with E-state index in [0.29, 0.717) is 8.67 Å². The fourth-order valence-corrected chi connectivity index (χ4v) is 4.29. The molecule has 1 unspecified atom stereocenters. The zero-order valence-electron chi connectivity index (χ0n) is 12.2. The predicted octanol–water partition coefficient (Wildman–Crippen LogP) is 4.99. The van der Waals surface area contributed by atoms with Gasteiger partial charge in [-0.15, -0.1) is 11.3 Å². The van der Waals surface area contributed by atoms with Gasteiger partial charge in [0, 0.05) is 24.6 Å². The molecule has 0 spiro atoms. The second-order valence-corrected chi connectivity index (χ2v) is 7.37. The third-order valence-electron chi connectivity index (χ3n) is 3.50. The summed E-state index contributed by atoms with van der Waals surface area (Å²) in [5.41, 5.74) is 2.98. The lowest BCUT2D eigenvalue weighted by molar-refractivity contribution is 0.541. The Morgan fingerprint density at radius 2 is 2.05 bits per heavy atom. The molecule has 0 aromatic carbocycles. The highest BCUT2D eigenvalue weighted by molar-refractivity contribution is 7.20. The summed E-state index contributed by atoms with van der Waals surface area (Å²) in [6.07, 6.45) is 1.55. The largest absolute Gasteiger partial charge is 0.313 e. The first-order chi connectivity index (χ1) is 10.0. The van der Waals surface area contributed by atoms with Crippen LogP contribution in [-0.4, -0.2) is 16.8 Å². The molecule has 116 valence electrons. The lowest BCUT2D eigenvalue weighted by Gasteiger charge is -2.16. The first-order valence-corrected chi connectivity index (χ1v) is 8.82. The van der Waals surface area contributed by atoms with E-state index in [2.05, 4.69) is 24.3 Å². The van der Waals surface area contributed by atoms with Gasteiger partial charge in [0.05, 0.1) is 25.1 Å². The first-order valence-electron chi connectivity index (χ1n) is 6.87. The summed E-state index contributed by atoms with van der Waals surface area (Å²) in [5.74, 6) is 0. The molecular weight excluding hydrogens is 349 g/mol. The van der Waals surface area contributed by atoms with Gasteiger partial charge in [-0.1, -0.05) is 41.7 Å². The molecule has 0 aliphatic heterocycles. The zero-order valence-corrected chi connectivity index (χ0v) is 15.3. The van der Waals surface area contributed by atoms with Gasteiger partial charge in [-0.25, -0.2) is 0 Å². The third kappa shape index (κ3) is 3.57. The third-order valence-corrected chi connectivity index (χ3v) is 5.45. The number of nitrogens with one attached hydrogen (secondary N) is 1. The molecule has 2 aromatic heterocycles. The molecule has 0 bridgehead atoms. The van der Waals surface area contributed by atoms with E-state index in [1.54, 1.807) is 0 Å². The summed E-state index contributed by atoms with van der Waals surface area (Å²) >= 11 is 20.2. The topological polar surface area (TPSA) is 29.9 Å². The predicted molar refractivity (Wildman–Crippen MR) is 92.1 cm³/mol. The molecule has 0 saturated carbocycles. The van der Waals surface area contributed by atoms with Gasteiger partial charge in [-0.05, 0) is 26.5 Å². The van der Waals surface area contributed by atoms with Crippen molar-refractivity contribution in [3.8, 4) is 0 Å². The van der Waals surface area contributed by atoms with Crippen molar-refractivity contribution in [1.82, 2.24) is 15.1 Å². The van der Waals surface area contributed by atoms with E-state index < -0.39 is 0 Å². The van der Waals surface area contributed by atoms with Crippen molar-refractivity contribution in [2.75, 3.05) is 7.05 Å². The molecule has 3 nitrogen and oxygen atoms in total. The molecule has 2 aromatic rings. The summed E-state index contributed by atoms with van der Waals surface area (Å²) in [5, 5.41) is 8.61. The van der Waals surface area contributed by atoms with E-state index in [4.69, 9.17) is 34.8 Å². The van der Waals surface area contributed by atoms with Gasteiger partial charge in [-0.3, -0.25) is 4.68 Å². The van der Waals surface area contributed by atoms with Crippen molar-refractivity contribution in [2.24, 2.45) is 0 Å². The van der Waals surface area contributed by atoms with Gasteiger partial charge in [-0.2, -0.15) is 5.10 Å². The Hall–Kier alpha value is -0.260. The maximum absolute atomic E-state index is 6.47. The van der Waals surface area contributed by atoms with Crippen LogP contribution in [0.25, 0.3) is 0 Å². The number of likely N-dealkylation sites (N-methyl/N-ethyl adjacent to an activating group) is 1. The molecule has 1 N–H and O–H groups in total. The van der Waals surface area contributed by atoms with Crippen molar-refractivity contribution >= 4 is 46.1 Å². The minimum absolute atomic E-state index is 0.0606. The number of rotatable bonds is 6. The van der Waals surface area contributed by atoms with Crippen LogP contribution in [0.1, 0.15) is 36.8 Å². The molecule has 2 heterocycles. The monoisotopic (exact) mass is 365 g/mol. The van der Waals surface area contributed by atoms with Gasteiger partial charge in [0.25, 0.3) is 0 Å². The number of aryl methyl sites for hydroxylation is 2. The average molecular weight is 367 g/mol. The molecule has 7 heteroatoms. The molecule has 0 saturated heterocycles. The van der Waals surface area contributed by atoms with Crippen LogP contribution in [0.15, 0.2) is 6.07 Å². The van der Waals surface area contributed by atoms with Crippen LogP contribution in [0.5, 0.6) is 0 Å². The fraction of sp³-hybridized carbons (Fsp3) is 0.500. The van der Waals surface area contributed by atoms with E-state index in [1.165, 1.54) is 11.3 Å². The highest BCUT2D eigenvalue weighted by atomic mass is 35.5. The quantitative estimate of drug-likeness (QED) is 0.780. The highest BCUT2D eigenvalue weighted by Crippen LogP contribution is 2.37. The Balaban J connectivity index is 2.35. The van der Waals surface area contributed by atoms with Gasteiger partial charge >= 0.3 is 0 Å². The molecule has 0 amide bonds. The van der Waals surface area contributed by atoms with Crippen molar-refractivity contribution in [2.45, 2.75) is 39.3 Å². The van der Waals surface area contributed by atoms with Crippen LogP contribution in [0, 0.1) is 0 Å². The number of hydrogen-bond acceptors (Lipinski definition) is 3. The van der Waals surface area contributed by atoms with Crippen LogP contribution in [-0.2, 0) is 19.4 Å². The lowest BCUT2D eigenvalue weighted by atomic mass is 10.0. The molecule has 21 heavy (non-hydrogen) atoms. The van der Waals surface area contributed by atoms with Gasteiger partial charge in [0.2, 0.25) is 0 Å². The second kappa shape index (κ2) is 7.34. The van der Waals surface area contributed by atoms with Crippen molar-refractivity contribution in [3.63, 3.8) is 0 Å². The zero-order chi connectivity index (χ0) is 15.6. The van der Waals surface area contributed by atoms with Gasteiger partial charge in [0.15, 0.2) is 0 Å². The first kappa shape index (κ1) is 17.1. The maximum Gasteiger partial charge on any atom is 0.0992 e. The summed E-state index contributed by atoms with van der Waals surface area (Å²) in [4.78, 5) is 0. The molecular formula is C14H18Cl3N3S. The van der Waals surface area contributed by atoms with E-state index in [9.17, 15) is 0 Å². The van der Waals surface area contributed by atoms with Crippen LogP contribution in [0.3, 0.4) is 0 Å². The molecule has 2 rings (SSSR count). The number of halogens is 3. The number of thiophene rings is 1. The summed E-state index contributed by atoms with van der Waals surface area (Å²) in [6.45, 7) is 4.92. The summed E-state index contributed by atoms with van der Waals surface area (Å²) < 4.78 is 3.38. The van der Waals surface area contributed by atoms with Crippen molar-refractivity contribution < 1.29 is 0 Å². The fourth-order valence-electron chi connectivity index (χ4n) is 2.36. The minimum Gasteiger partial charge on any atom is -0.313 e.